The van der Waals surface area contributed by atoms with Gasteiger partial charge in [-0.05, 0) is 12.8 Å². The fraction of sp³-hybridized carbons (Fsp3) is 0.208. The monoisotopic (exact) mass is 429 g/mol. The van der Waals surface area contributed by atoms with Crippen LogP contribution in [0.5, 0.6) is 0 Å². The van der Waals surface area contributed by atoms with Crippen LogP contribution in [0.4, 0.5) is 5.95 Å². The molecule has 8 heteroatoms. The second-order valence-corrected chi connectivity index (χ2v) is 7.37. The van der Waals surface area contributed by atoms with Gasteiger partial charge in [-0.2, -0.15) is 4.98 Å². The number of aliphatic carboxylic acids is 1. The summed E-state index contributed by atoms with van der Waals surface area (Å²) in [6, 6.07) is 19.3. The van der Waals surface area contributed by atoms with Gasteiger partial charge in [0.25, 0.3) is 5.56 Å². The van der Waals surface area contributed by atoms with Gasteiger partial charge in [0, 0.05) is 24.1 Å². The van der Waals surface area contributed by atoms with Crippen molar-refractivity contribution in [1.29, 1.82) is 0 Å². The number of H-pyrrole nitrogens is 1. The molecule has 4 rings (SSSR count). The molecule has 0 atom stereocenters. The van der Waals surface area contributed by atoms with Crippen LogP contribution < -0.4 is 10.9 Å². The Hall–Kier alpha value is -4.07. The Morgan fingerprint density at radius 3 is 2.09 bits per heavy atom. The van der Waals surface area contributed by atoms with E-state index in [1.165, 1.54) is 0 Å². The number of hydrogen-bond donors (Lipinski definition) is 3. The van der Waals surface area contributed by atoms with E-state index >= 15 is 0 Å². The van der Waals surface area contributed by atoms with Crippen LogP contribution in [0.2, 0.25) is 0 Å². The zero-order chi connectivity index (χ0) is 22.3. The molecule has 0 spiro atoms. The first kappa shape index (κ1) is 21.2. The maximum atomic E-state index is 12.7. The van der Waals surface area contributed by atoms with Crippen LogP contribution in [-0.4, -0.2) is 37.6 Å². The maximum Gasteiger partial charge on any atom is 0.303 e. The summed E-state index contributed by atoms with van der Waals surface area (Å²) < 4.78 is 0. The summed E-state index contributed by atoms with van der Waals surface area (Å²) in [5, 5.41) is 11.8. The summed E-state index contributed by atoms with van der Waals surface area (Å²) in [4.78, 5) is 39.9. The number of anilines is 1. The van der Waals surface area contributed by atoms with Crippen LogP contribution in [0.25, 0.3) is 33.7 Å². The number of carboxylic acid groups (broad SMARTS) is 1. The molecule has 0 aliphatic carbocycles. The molecular weight excluding hydrogens is 406 g/mol. The second kappa shape index (κ2) is 9.82. The SMILES string of the molecule is O=C(O)CCCCCNc1nc2nc(-c3ccccc3)c(-c3ccccc3)nc2c(=O)[nH]1. The molecule has 0 unspecified atom stereocenters. The van der Waals surface area contributed by atoms with Crippen LogP contribution in [0.3, 0.4) is 0 Å². The maximum absolute atomic E-state index is 12.7. The lowest BCUT2D eigenvalue weighted by atomic mass is 10.0. The normalized spacial score (nSPS) is 10.9. The Kier molecular flexibility index (Phi) is 6.50. The summed E-state index contributed by atoms with van der Waals surface area (Å²) in [5.74, 6) is -0.470. The van der Waals surface area contributed by atoms with Crippen molar-refractivity contribution in [2.75, 3.05) is 11.9 Å². The van der Waals surface area contributed by atoms with Crippen LogP contribution in [0, 0.1) is 0 Å². The largest absolute Gasteiger partial charge is 0.481 e. The summed E-state index contributed by atoms with van der Waals surface area (Å²) >= 11 is 0. The Morgan fingerprint density at radius 2 is 1.47 bits per heavy atom. The van der Waals surface area contributed by atoms with Crippen LogP contribution >= 0.6 is 0 Å². The average Bonchev–Trinajstić information content (AvgIpc) is 2.81. The smallest absolute Gasteiger partial charge is 0.303 e. The first-order valence-electron chi connectivity index (χ1n) is 10.5. The number of unbranched alkanes of at least 4 members (excludes halogenated alkanes) is 2. The minimum absolute atomic E-state index is 0.159. The number of aromatic amines is 1. The number of nitrogens with zero attached hydrogens (tertiary/aromatic N) is 3. The van der Waals surface area contributed by atoms with Crippen molar-refractivity contribution in [3.05, 3.63) is 71.0 Å². The molecule has 32 heavy (non-hydrogen) atoms. The van der Waals surface area contributed by atoms with Gasteiger partial charge in [0.15, 0.2) is 11.2 Å². The lowest BCUT2D eigenvalue weighted by Crippen LogP contribution is -2.16. The third kappa shape index (κ3) is 4.97. The van der Waals surface area contributed by atoms with Crippen molar-refractivity contribution in [3.8, 4) is 22.5 Å². The van der Waals surface area contributed by atoms with Crippen molar-refractivity contribution < 1.29 is 9.90 Å². The number of rotatable bonds is 9. The molecule has 0 saturated heterocycles. The van der Waals surface area contributed by atoms with Crippen molar-refractivity contribution in [2.45, 2.75) is 25.7 Å². The number of benzene rings is 2. The standard InChI is InChI=1S/C24H23N5O3/c30-18(31)14-8-3-9-15-25-24-28-22-21(23(32)29-24)26-19(16-10-4-1-5-11-16)20(27-22)17-12-6-2-7-13-17/h1-2,4-7,10-13H,3,8-9,14-15H2,(H,30,31)(H2,25,27,28,29,32). The zero-order valence-corrected chi connectivity index (χ0v) is 17.4. The Morgan fingerprint density at radius 1 is 0.844 bits per heavy atom. The predicted molar refractivity (Wildman–Crippen MR) is 123 cm³/mol. The molecule has 0 fully saturated rings. The molecule has 0 aliphatic heterocycles. The molecule has 8 nitrogen and oxygen atoms in total. The Balaban J connectivity index is 1.66. The van der Waals surface area contributed by atoms with Gasteiger partial charge in [0.2, 0.25) is 5.95 Å². The minimum atomic E-state index is -0.791. The summed E-state index contributed by atoms with van der Waals surface area (Å²) in [6.45, 7) is 0.565. The number of aromatic nitrogens is 4. The number of carbonyl (C=O) groups is 1. The number of fused-ring (bicyclic) bond motifs is 1. The second-order valence-electron chi connectivity index (χ2n) is 7.37. The highest BCUT2D eigenvalue weighted by Crippen LogP contribution is 2.29. The van der Waals surface area contributed by atoms with Gasteiger partial charge in [0.1, 0.15) is 0 Å². The van der Waals surface area contributed by atoms with Gasteiger partial charge in [-0.1, -0.05) is 67.1 Å². The van der Waals surface area contributed by atoms with E-state index in [1.54, 1.807) is 0 Å². The molecular formula is C24H23N5O3. The predicted octanol–water partition coefficient (Wildman–Crippen LogP) is 4.10. The van der Waals surface area contributed by atoms with Crippen molar-refractivity contribution in [1.82, 2.24) is 19.9 Å². The molecule has 0 radical (unpaired) electrons. The van der Waals surface area contributed by atoms with Crippen molar-refractivity contribution >= 4 is 23.1 Å². The molecule has 162 valence electrons. The Bertz CT molecular complexity index is 1270. The fourth-order valence-electron chi connectivity index (χ4n) is 3.42. The third-order valence-electron chi connectivity index (χ3n) is 5.00. The highest BCUT2D eigenvalue weighted by atomic mass is 16.4. The summed E-state index contributed by atoms with van der Waals surface area (Å²) in [5.41, 5.74) is 3.10. The molecule has 4 aromatic rings. The highest BCUT2D eigenvalue weighted by molar-refractivity contribution is 5.84. The fourth-order valence-corrected chi connectivity index (χ4v) is 3.42. The van der Waals surface area contributed by atoms with E-state index < -0.39 is 5.97 Å². The van der Waals surface area contributed by atoms with E-state index in [1.807, 2.05) is 60.7 Å². The van der Waals surface area contributed by atoms with Gasteiger partial charge in [-0.3, -0.25) is 14.6 Å². The molecule has 3 N–H and O–H groups in total. The van der Waals surface area contributed by atoms with Crippen molar-refractivity contribution in [3.63, 3.8) is 0 Å². The van der Waals surface area contributed by atoms with E-state index in [0.717, 1.165) is 24.0 Å². The summed E-state index contributed by atoms with van der Waals surface area (Å²) in [7, 11) is 0. The van der Waals surface area contributed by atoms with Crippen molar-refractivity contribution in [2.24, 2.45) is 0 Å². The third-order valence-corrected chi connectivity index (χ3v) is 5.00. The van der Waals surface area contributed by atoms with Gasteiger partial charge in [-0.15, -0.1) is 0 Å². The highest BCUT2D eigenvalue weighted by Gasteiger charge is 2.16. The van der Waals surface area contributed by atoms with E-state index in [-0.39, 0.29) is 23.1 Å². The molecule has 2 heterocycles. The molecule has 0 aliphatic rings. The molecule has 2 aromatic heterocycles. The first-order chi connectivity index (χ1) is 15.6. The minimum Gasteiger partial charge on any atom is -0.481 e. The lowest BCUT2D eigenvalue weighted by molar-refractivity contribution is -0.137. The lowest BCUT2D eigenvalue weighted by Gasteiger charge is -2.11. The summed E-state index contributed by atoms with van der Waals surface area (Å²) in [6.07, 6.45) is 2.32. The molecule has 0 bridgehead atoms. The average molecular weight is 429 g/mol. The number of carboxylic acids is 1. The number of hydrogen-bond acceptors (Lipinski definition) is 6. The van der Waals surface area contributed by atoms with E-state index in [2.05, 4.69) is 20.3 Å². The van der Waals surface area contributed by atoms with Crippen LogP contribution in [0.15, 0.2) is 65.5 Å². The van der Waals surface area contributed by atoms with E-state index in [4.69, 9.17) is 10.1 Å². The number of nitrogens with one attached hydrogen (secondary N) is 2. The molecule has 2 aromatic carbocycles. The van der Waals surface area contributed by atoms with Gasteiger partial charge < -0.3 is 10.4 Å². The van der Waals surface area contributed by atoms with Crippen LogP contribution in [-0.2, 0) is 4.79 Å². The van der Waals surface area contributed by atoms with Gasteiger partial charge in [0.05, 0.1) is 11.4 Å². The van der Waals surface area contributed by atoms with E-state index in [9.17, 15) is 9.59 Å². The zero-order valence-electron chi connectivity index (χ0n) is 17.4. The topological polar surface area (TPSA) is 121 Å². The Labute approximate surface area is 184 Å². The quantitative estimate of drug-likeness (QED) is 0.342. The van der Waals surface area contributed by atoms with Gasteiger partial charge >= 0.3 is 5.97 Å². The molecule has 0 amide bonds. The van der Waals surface area contributed by atoms with E-state index in [0.29, 0.717) is 30.3 Å². The molecule has 0 saturated carbocycles. The first-order valence-corrected chi connectivity index (χ1v) is 10.5. The van der Waals surface area contributed by atoms with Crippen LogP contribution in [0.1, 0.15) is 25.7 Å². The van der Waals surface area contributed by atoms with Gasteiger partial charge in [-0.25, -0.2) is 9.97 Å².